The maximum absolute atomic E-state index is 7.15. The first kappa shape index (κ1) is 78.1. The van der Waals surface area contributed by atoms with E-state index in [0.29, 0.717) is 52.1 Å². The molecule has 8 bridgehead atoms. The number of ether oxygens (including phenoxy) is 4. The van der Waals surface area contributed by atoms with Gasteiger partial charge in [-0.25, -0.2) is 0 Å². The van der Waals surface area contributed by atoms with Crippen LogP contribution in [0.15, 0.2) is 255 Å². The van der Waals surface area contributed by atoms with E-state index in [1.54, 1.807) is 0 Å². The van der Waals surface area contributed by atoms with Gasteiger partial charge in [0, 0.05) is 38.0 Å². The third-order valence-corrected chi connectivity index (χ3v) is 19.4. The molecular formula is C78H82Cl6O4P2Pt. The molecule has 91 heavy (non-hydrogen) atoms. The molecule has 0 unspecified atom stereocenters. The zero-order chi connectivity index (χ0) is 62.0. The first-order valence-electron chi connectivity index (χ1n) is 30.2. The van der Waals surface area contributed by atoms with Gasteiger partial charge in [-0.15, -0.1) is 46.4 Å². The Bertz CT molecular complexity index is 3150. The number of aryl methyl sites for hydroxylation is 2. The Labute approximate surface area is 592 Å². The molecule has 10 aromatic carbocycles. The molecule has 0 aromatic heterocycles. The van der Waals surface area contributed by atoms with Gasteiger partial charge in [0.1, 0.15) is 23.0 Å². The Morgan fingerprint density at radius 2 is 0.473 bits per heavy atom. The van der Waals surface area contributed by atoms with Crippen LogP contribution in [-0.4, -0.2) is 49.4 Å². The van der Waals surface area contributed by atoms with Crippen molar-refractivity contribution in [1.29, 1.82) is 0 Å². The van der Waals surface area contributed by atoms with Gasteiger partial charge in [0.15, 0.2) is 0 Å². The Morgan fingerprint density at radius 1 is 0.286 bits per heavy atom. The van der Waals surface area contributed by atoms with Crippen molar-refractivity contribution in [3.8, 4) is 23.0 Å². The van der Waals surface area contributed by atoms with E-state index >= 15 is 0 Å². The minimum Gasteiger partial charge on any atom is -1.00 e. The third kappa shape index (κ3) is 25.5. The molecule has 13 heteroatoms. The van der Waals surface area contributed by atoms with Gasteiger partial charge in [-0.05, 0) is 108 Å². The molecule has 0 amide bonds. The van der Waals surface area contributed by atoms with Gasteiger partial charge in [-0.2, -0.15) is 0 Å². The van der Waals surface area contributed by atoms with Gasteiger partial charge in [0.2, 0.25) is 0 Å². The molecule has 1 aliphatic carbocycles. The molecule has 11 rings (SSSR count). The molecule has 0 N–H and O–H groups in total. The largest absolute Gasteiger partial charge is 2.00 e. The van der Waals surface area contributed by atoms with Crippen LogP contribution in [0.3, 0.4) is 0 Å². The van der Waals surface area contributed by atoms with Crippen LogP contribution >= 0.6 is 62.2 Å². The monoisotopic (exact) mass is 1550 g/mol. The van der Waals surface area contributed by atoms with Gasteiger partial charge >= 0.3 is 21.1 Å². The normalized spacial score (nSPS) is 10.8. The van der Waals surface area contributed by atoms with Crippen LogP contribution in [0.4, 0.5) is 0 Å². The number of rotatable bonds is 18. The fourth-order valence-electron chi connectivity index (χ4n) is 10.4. The average Bonchev–Trinajstić information content (AvgIpc) is 3.34. The second-order valence-electron chi connectivity index (χ2n) is 20.9. The van der Waals surface area contributed by atoms with Crippen LogP contribution in [0.5, 0.6) is 23.0 Å². The van der Waals surface area contributed by atoms with Gasteiger partial charge in [0.25, 0.3) is 0 Å². The number of benzene rings is 10. The van der Waals surface area contributed by atoms with Crippen molar-refractivity contribution in [2.45, 2.75) is 66.2 Å². The van der Waals surface area contributed by atoms with Gasteiger partial charge < -0.3 is 43.8 Å². The van der Waals surface area contributed by atoms with Crippen molar-refractivity contribution >= 4 is 83.5 Å². The average molecular weight is 1550 g/mol. The Hall–Kier alpha value is -5.31. The van der Waals surface area contributed by atoms with Crippen molar-refractivity contribution < 1.29 is 64.8 Å². The van der Waals surface area contributed by atoms with Crippen molar-refractivity contribution in [2.24, 2.45) is 0 Å². The van der Waals surface area contributed by atoms with E-state index < -0.39 is 15.8 Å². The minimum atomic E-state index is -0.623. The molecule has 0 saturated heterocycles. The van der Waals surface area contributed by atoms with Crippen molar-refractivity contribution in [3.05, 3.63) is 310 Å². The number of para-hydroxylation sites is 4. The van der Waals surface area contributed by atoms with Crippen LogP contribution in [-0.2, 0) is 46.7 Å². The van der Waals surface area contributed by atoms with Gasteiger partial charge in [-0.1, -0.05) is 280 Å². The van der Waals surface area contributed by atoms with E-state index in [1.165, 1.54) is 32.3 Å². The number of halogens is 6. The van der Waals surface area contributed by atoms with Crippen molar-refractivity contribution in [2.75, 3.05) is 49.4 Å². The molecule has 0 radical (unpaired) electrons. The molecule has 1 aliphatic rings. The van der Waals surface area contributed by atoms with Crippen LogP contribution in [0.1, 0.15) is 82.3 Å². The predicted molar refractivity (Wildman–Crippen MR) is 383 cm³/mol. The van der Waals surface area contributed by atoms with E-state index in [0.717, 1.165) is 92.7 Å². The molecular weight excluding hydrogens is 1470 g/mol. The van der Waals surface area contributed by atoms with E-state index in [-0.39, 0.29) is 56.6 Å². The zero-order valence-electron chi connectivity index (χ0n) is 52.3. The van der Waals surface area contributed by atoms with Crippen molar-refractivity contribution in [3.63, 3.8) is 0 Å². The summed E-state index contributed by atoms with van der Waals surface area (Å²) in [6.45, 7) is 11.0. The summed E-state index contributed by atoms with van der Waals surface area (Å²) in [5.41, 5.74) is 11.9. The van der Waals surface area contributed by atoms with Gasteiger partial charge in [0.05, 0.1) is 37.1 Å². The zero-order valence-corrected chi connectivity index (χ0v) is 60.9. The summed E-state index contributed by atoms with van der Waals surface area (Å²) in [6, 6.07) is 91.0. The SMILES string of the molecule is CCCOc1c2cccc1Cc1cccc(c1OCCP(c1ccccc1)c1ccccc1)Cc1cccc(c1OCCC)Cc1cccc(c1OCCP(c1ccccc1)c1ccccc1)C2.Cc1ccccc1.Cc1ccccc1.ClCCl.ClCCl.[Cl-].[Cl-].[Pt+2]. The Kier molecular flexibility index (Phi) is 38.7. The summed E-state index contributed by atoms with van der Waals surface area (Å²) in [5, 5.41) is 5.83. The van der Waals surface area contributed by atoms with E-state index in [9.17, 15) is 0 Å². The predicted octanol–water partition coefficient (Wildman–Crippen LogP) is 13.8. The molecule has 0 atom stereocenters. The van der Waals surface area contributed by atoms with E-state index in [1.807, 2.05) is 36.4 Å². The summed E-state index contributed by atoms with van der Waals surface area (Å²) in [5.74, 6) is 3.84. The van der Waals surface area contributed by atoms with Crippen LogP contribution in [0, 0.1) is 13.8 Å². The summed E-state index contributed by atoms with van der Waals surface area (Å²) in [7, 11) is -1.25. The molecule has 0 spiro atoms. The maximum Gasteiger partial charge on any atom is 2.00 e. The number of fused-ring (bicyclic) bond motifs is 8. The molecule has 0 heterocycles. The third-order valence-electron chi connectivity index (χ3n) is 14.4. The fourth-order valence-corrected chi connectivity index (χ4v) is 14.7. The van der Waals surface area contributed by atoms with Crippen LogP contribution in [0.25, 0.3) is 0 Å². The van der Waals surface area contributed by atoms with E-state index in [4.69, 9.17) is 65.4 Å². The second kappa shape index (κ2) is 45.1. The summed E-state index contributed by atoms with van der Waals surface area (Å²) < 4.78 is 27.9. The summed E-state index contributed by atoms with van der Waals surface area (Å²) in [6.07, 6.45) is 6.33. The molecule has 4 nitrogen and oxygen atoms in total. The number of hydrogen-bond donors (Lipinski definition) is 0. The van der Waals surface area contributed by atoms with Crippen LogP contribution < -0.4 is 65.0 Å². The first-order valence-corrected chi connectivity index (χ1v) is 35.4. The van der Waals surface area contributed by atoms with Crippen molar-refractivity contribution in [1.82, 2.24) is 0 Å². The molecule has 10 aromatic rings. The first-order chi connectivity index (χ1) is 43.3. The van der Waals surface area contributed by atoms with E-state index in [2.05, 4.69) is 246 Å². The summed E-state index contributed by atoms with van der Waals surface area (Å²) >= 11 is 19.1. The molecule has 0 fully saturated rings. The van der Waals surface area contributed by atoms with Crippen LogP contribution in [0.2, 0.25) is 0 Å². The number of hydrogen-bond acceptors (Lipinski definition) is 4. The second-order valence-corrected chi connectivity index (χ2v) is 27.2. The Balaban J connectivity index is 0.000000661. The molecule has 480 valence electrons. The maximum atomic E-state index is 7.15. The minimum absolute atomic E-state index is 0. The number of alkyl halides is 4. The standard InChI is InChI=1S/C62H62O4P2.2C7H8.2CH2Cl2.2ClH.Pt/c1-3-37-63-59-47-21-17-22-48(59)44-52-26-20-28-54(62(52)66-40-42-68(57-33-13-7-14-34-57)58-35-15-8-16-36-58)46-50-24-18-23-49(60(50)64-38-4-2)45-53-27-19-25-51(43-47)61(53)65-39-41-67(55-29-9-5-10-30-55)56-31-11-6-12-32-56;2*1-7-5-3-2-4-6-7;2*2-1-3;;;/h5-36H,3-4,37-46H2,1-2H3;2*2-6H,1H3;2*1H2;2*1H;/q;;;;;;;+2/p-2. The van der Waals surface area contributed by atoms with Gasteiger partial charge in [-0.3, -0.25) is 0 Å². The topological polar surface area (TPSA) is 36.9 Å². The molecule has 0 aliphatic heterocycles. The smallest absolute Gasteiger partial charge is 1.00 e. The quantitative estimate of drug-likeness (QED) is 0.0634. The molecule has 0 saturated carbocycles. The Morgan fingerprint density at radius 3 is 0.648 bits per heavy atom. The fraction of sp³-hybridized carbons (Fsp3) is 0.231. The summed E-state index contributed by atoms with van der Waals surface area (Å²) in [4.78, 5) is 0.